The van der Waals surface area contributed by atoms with Gasteiger partial charge in [-0.3, -0.25) is 9.36 Å². The van der Waals surface area contributed by atoms with E-state index in [2.05, 4.69) is 21.6 Å². The normalized spacial score (nSPS) is 10.8. The van der Waals surface area contributed by atoms with Crippen LogP contribution in [0, 0.1) is 6.92 Å². The van der Waals surface area contributed by atoms with Gasteiger partial charge in [-0.2, -0.15) is 0 Å². The van der Waals surface area contributed by atoms with Crippen molar-refractivity contribution in [2.75, 3.05) is 17.7 Å². The van der Waals surface area contributed by atoms with Crippen molar-refractivity contribution in [3.05, 3.63) is 83.4 Å². The topological polar surface area (TPSA) is 69.0 Å². The first-order chi connectivity index (χ1) is 16.0. The van der Waals surface area contributed by atoms with E-state index in [0.29, 0.717) is 34.0 Å². The summed E-state index contributed by atoms with van der Waals surface area (Å²) in [6.07, 6.45) is 0. The van der Waals surface area contributed by atoms with Crippen LogP contribution in [0.1, 0.15) is 12.5 Å². The minimum Gasteiger partial charge on any atom is -0.492 e. The molecule has 0 spiro atoms. The van der Waals surface area contributed by atoms with E-state index in [1.807, 2.05) is 85.1 Å². The van der Waals surface area contributed by atoms with E-state index in [9.17, 15) is 4.79 Å². The second kappa shape index (κ2) is 10.6. The first-order valence-corrected chi connectivity index (χ1v) is 11.8. The number of para-hydroxylation sites is 2. The number of thioether (sulfide) groups is 1. The molecule has 0 saturated carbocycles. The van der Waals surface area contributed by atoms with Gasteiger partial charge in [0.25, 0.3) is 0 Å². The molecule has 0 atom stereocenters. The number of rotatable bonds is 8. The van der Waals surface area contributed by atoms with Gasteiger partial charge in [0.05, 0.1) is 18.0 Å². The van der Waals surface area contributed by atoms with Crippen LogP contribution < -0.4 is 10.1 Å². The molecule has 6 nitrogen and oxygen atoms in total. The summed E-state index contributed by atoms with van der Waals surface area (Å²) in [5.74, 6) is 1.35. The fraction of sp³-hybridized carbons (Fsp3) is 0.160. The molecule has 0 fully saturated rings. The maximum absolute atomic E-state index is 12.7. The number of amides is 1. The number of halogens is 1. The van der Waals surface area contributed by atoms with Crippen LogP contribution in [0.15, 0.2) is 78.0 Å². The summed E-state index contributed by atoms with van der Waals surface area (Å²) in [5, 5.41) is 13.0. The summed E-state index contributed by atoms with van der Waals surface area (Å²) in [4.78, 5) is 12.7. The highest BCUT2D eigenvalue weighted by atomic mass is 35.5. The molecular formula is C25H23ClN4O2S. The lowest BCUT2D eigenvalue weighted by Crippen LogP contribution is -2.15. The lowest BCUT2D eigenvalue weighted by molar-refractivity contribution is -0.113. The quantitative estimate of drug-likeness (QED) is 0.313. The molecule has 1 heterocycles. The number of carbonyl (C=O) groups excluding carboxylic acids is 1. The molecule has 4 aromatic rings. The average Bonchev–Trinajstić information content (AvgIpc) is 3.24. The number of aromatic nitrogens is 3. The van der Waals surface area contributed by atoms with Crippen molar-refractivity contribution >= 4 is 35.0 Å². The molecule has 4 rings (SSSR count). The summed E-state index contributed by atoms with van der Waals surface area (Å²) < 4.78 is 7.53. The number of hydrogen-bond donors (Lipinski definition) is 1. The molecule has 0 aliphatic carbocycles. The second-order valence-electron chi connectivity index (χ2n) is 7.25. The van der Waals surface area contributed by atoms with Crippen molar-refractivity contribution in [2.45, 2.75) is 19.0 Å². The smallest absolute Gasteiger partial charge is 0.234 e. The van der Waals surface area contributed by atoms with E-state index < -0.39 is 0 Å². The molecular weight excluding hydrogens is 456 g/mol. The van der Waals surface area contributed by atoms with Crippen LogP contribution in [0.2, 0.25) is 5.02 Å². The predicted octanol–water partition coefficient (Wildman–Crippen LogP) is 6.03. The Morgan fingerprint density at radius 2 is 1.85 bits per heavy atom. The fourth-order valence-corrected chi connectivity index (χ4v) is 4.20. The van der Waals surface area contributed by atoms with Gasteiger partial charge in [-0.15, -0.1) is 10.2 Å². The number of nitrogens with one attached hydrogen (secondary N) is 1. The van der Waals surface area contributed by atoms with E-state index in [0.717, 1.165) is 16.8 Å². The van der Waals surface area contributed by atoms with Gasteiger partial charge in [0.2, 0.25) is 5.91 Å². The maximum atomic E-state index is 12.7. The zero-order chi connectivity index (χ0) is 23.2. The standard InChI is InChI=1S/C25H23ClN4O2S/c1-3-32-22-10-5-4-9-21(22)27-23(31)16-33-25-29-28-24(18-8-6-7-17(2)15-18)30(25)20-13-11-19(26)12-14-20/h4-15H,3,16H2,1-2H3,(H,27,31). The molecule has 0 bridgehead atoms. The Labute approximate surface area is 202 Å². The van der Waals surface area contributed by atoms with Gasteiger partial charge in [-0.1, -0.05) is 59.3 Å². The van der Waals surface area contributed by atoms with E-state index in [1.54, 1.807) is 0 Å². The van der Waals surface area contributed by atoms with Crippen molar-refractivity contribution in [1.82, 2.24) is 14.8 Å². The Kier molecular flexibility index (Phi) is 7.32. The zero-order valence-electron chi connectivity index (χ0n) is 18.3. The third-order valence-electron chi connectivity index (χ3n) is 4.79. The van der Waals surface area contributed by atoms with E-state index in [1.165, 1.54) is 11.8 Å². The highest BCUT2D eigenvalue weighted by Crippen LogP contribution is 2.30. The van der Waals surface area contributed by atoms with Crippen LogP contribution in [-0.4, -0.2) is 33.0 Å². The minimum absolute atomic E-state index is 0.157. The minimum atomic E-state index is -0.157. The highest BCUT2D eigenvalue weighted by Gasteiger charge is 2.18. The fourth-order valence-electron chi connectivity index (χ4n) is 3.33. The first-order valence-electron chi connectivity index (χ1n) is 10.5. The third kappa shape index (κ3) is 5.56. The zero-order valence-corrected chi connectivity index (χ0v) is 19.9. The number of ether oxygens (including phenoxy) is 1. The molecule has 1 N–H and O–H groups in total. The molecule has 1 amide bonds. The molecule has 168 valence electrons. The number of aryl methyl sites for hydroxylation is 1. The van der Waals surface area contributed by atoms with Crippen molar-refractivity contribution in [2.24, 2.45) is 0 Å². The van der Waals surface area contributed by atoms with Crippen molar-refractivity contribution < 1.29 is 9.53 Å². The Bertz CT molecular complexity index is 1260. The number of anilines is 1. The lowest BCUT2D eigenvalue weighted by atomic mass is 10.1. The molecule has 1 aromatic heterocycles. The van der Waals surface area contributed by atoms with Gasteiger partial charge < -0.3 is 10.1 Å². The largest absolute Gasteiger partial charge is 0.492 e. The predicted molar refractivity (Wildman–Crippen MR) is 134 cm³/mol. The average molecular weight is 479 g/mol. The Hall–Kier alpha value is -3.29. The molecule has 0 unspecified atom stereocenters. The van der Waals surface area contributed by atoms with Crippen molar-refractivity contribution in [3.63, 3.8) is 0 Å². The molecule has 0 aliphatic rings. The van der Waals surface area contributed by atoms with Crippen molar-refractivity contribution in [3.8, 4) is 22.8 Å². The monoisotopic (exact) mass is 478 g/mol. The third-order valence-corrected chi connectivity index (χ3v) is 5.97. The Morgan fingerprint density at radius 3 is 2.61 bits per heavy atom. The van der Waals surface area contributed by atoms with Crippen LogP contribution >= 0.6 is 23.4 Å². The van der Waals surface area contributed by atoms with Crippen molar-refractivity contribution in [1.29, 1.82) is 0 Å². The van der Waals surface area contributed by atoms with Gasteiger partial charge in [0.15, 0.2) is 11.0 Å². The van der Waals surface area contributed by atoms with Crippen LogP contribution in [-0.2, 0) is 4.79 Å². The van der Waals surface area contributed by atoms with Gasteiger partial charge in [0.1, 0.15) is 5.75 Å². The highest BCUT2D eigenvalue weighted by molar-refractivity contribution is 7.99. The summed E-state index contributed by atoms with van der Waals surface area (Å²) in [7, 11) is 0. The van der Waals surface area contributed by atoms with E-state index in [4.69, 9.17) is 16.3 Å². The van der Waals surface area contributed by atoms with Gasteiger partial charge in [-0.05, 0) is 56.3 Å². The van der Waals surface area contributed by atoms with Gasteiger partial charge >= 0.3 is 0 Å². The molecule has 0 saturated heterocycles. The summed E-state index contributed by atoms with van der Waals surface area (Å²) >= 11 is 7.41. The molecule has 8 heteroatoms. The molecule has 3 aromatic carbocycles. The SMILES string of the molecule is CCOc1ccccc1NC(=O)CSc1nnc(-c2cccc(C)c2)n1-c1ccc(Cl)cc1. The summed E-state index contributed by atoms with van der Waals surface area (Å²) in [6.45, 7) is 4.46. The number of hydrogen-bond acceptors (Lipinski definition) is 5. The Balaban J connectivity index is 1.59. The first kappa shape index (κ1) is 22.9. The summed E-state index contributed by atoms with van der Waals surface area (Å²) in [5.41, 5.74) is 3.58. The Morgan fingerprint density at radius 1 is 1.06 bits per heavy atom. The van der Waals surface area contributed by atoms with Crippen LogP contribution in [0.3, 0.4) is 0 Å². The van der Waals surface area contributed by atoms with Gasteiger partial charge in [-0.25, -0.2) is 0 Å². The second-order valence-corrected chi connectivity index (χ2v) is 8.63. The van der Waals surface area contributed by atoms with E-state index >= 15 is 0 Å². The van der Waals surface area contributed by atoms with Crippen LogP contribution in [0.25, 0.3) is 17.1 Å². The van der Waals surface area contributed by atoms with Crippen LogP contribution in [0.4, 0.5) is 5.69 Å². The summed E-state index contributed by atoms with van der Waals surface area (Å²) in [6, 6.07) is 22.9. The molecule has 0 radical (unpaired) electrons. The van der Waals surface area contributed by atoms with E-state index in [-0.39, 0.29) is 11.7 Å². The van der Waals surface area contributed by atoms with Gasteiger partial charge in [0, 0.05) is 16.3 Å². The molecule has 0 aliphatic heterocycles. The van der Waals surface area contributed by atoms with Crippen LogP contribution in [0.5, 0.6) is 5.75 Å². The number of carbonyl (C=O) groups is 1. The molecule has 33 heavy (non-hydrogen) atoms. The number of nitrogens with zero attached hydrogens (tertiary/aromatic N) is 3. The maximum Gasteiger partial charge on any atom is 0.234 e. The number of benzene rings is 3. The lowest BCUT2D eigenvalue weighted by Gasteiger charge is -2.12.